The number of hydrogen-bond donors (Lipinski definition) is 0. The Balaban J connectivity index is 2.84. The van der Waals surface area contributed by atoms with E-state index in [0.29, 0.717) is 11.5 Å². The Morgan fingerprint density at radius 2 is 1.58 bits per heavy atom. The van der Waals surface area contributed by atoms with Crippen molar-refractivity contribution in [2.75, 3.05) is 14.2 Å². The van der Waals surface area contributed by atoms with E-state index in [4.69, 9.17) is 14.2 Å². The standard InChI is InChI=1S/C15H20O4/c1-15(2,3)19-14(16)7-6-11-8-12(17-4)10-13(9-11)18-5/h6-10H,1-5H3. The lowest BCUT2D eigenvalue weighted by atomic mass is 10.1. The van der Waals surface area contributed by atoms with Crippen molar-refractivity contribution in [1.29, 1.82) is 0 Å². The number of methoxy groups -OCH3 is 2. The minimum absolute atomic E-state index is 0.380. The molecular weight excluding hydrogens is 244 g/mol. The number of hydrogen-bond acceptors (Lipinski definition) is 4. The highest BCUT2D eigenvalue weighted by Crippen LogP contribution is 2.23. The molecule has 0 unspecified atom stereocenters. The van der Waals surface area contributed by atoms with Crippen LogP contribution in [0.3, 0.4) is 0 Å². The van der Waals surface area contributed by atoms with Gasteiger partial charge in [0, 0.05) is 12.1 Å². The van der Waals surface area contributed by atoms with Crippen LogP contribution in [0.1, 0.15) is 26.3 Å². The summed E-state index contributed by atoms with van der Waals surface area (Å²) in [5.41, 5.74) is 0.315. The van der Waals surface area contributed by atoms with Gasteiger partial charge in [-0.2, -0.15) is 0 Å². The van der Waals surface area contributed by atoms with E-state index in [0.717, 1.165) is 5.56 Å². The Bertz CT molecular complexity index is 447. The molecule has 0 saturated heterocycles. The lowest BCUT2D eigenvalue weighted by Crippen LogP contribution is -2.22. The molecule has 0 radical (unpaired) electrons. The first kappa shape index (κ1) is 15.1. The smallest absolute Gasteiger partial charge is 0.331 e. The van der Waals surface area contributed by atoms with E-state index in [1.807, 2.05) is 32.9 Å². The monoisotopic (exact) mass is 264 g/mol. The van der Waals surface area contributed by atoms with E-state index in [9.17, 15) is 4.79 Å². The maximum Gasteiger partial charge on any atom is 0.331 e. The third-order valence-electron chi connectivity index (χ3n) is 2.19. The zero-order chi connectivity index (χ0) is 14.5. The van der Waals surface area contributed by atoms with E-state index in [1.165, 1.54) is 6.08 Å². The first-order chi connectivity index (χ1) is 8.84. The molecular formula is C15H20O4. The molecule has 1 aromatic rings. The van der Waals surface area contributed by atoms with Crippen molar-refractivity contribution in [3.8, 4) is 11.5 Å². The quantitative estimate of drug-likeness (QED) is 0.619. The molecule has 4 nitrogen and oxygen atoms in total. The Morgan fingerprint density at radius 1 is 1.05 bits per heavy atom. The maximum absolute atomic E-state index is 11.6. The van der Waals surface area contributed by atoms with Gasteiger partial charge in [0.15, 0.2) is 0 Å². The molecule has 0 aliphatic heterocycles. The Morgan fingerprint density at radius 3 is 2.00 bits per heavy atom. The first-order valence-electron chi connectivity index (χ1n) is 5.98. The van der Waals surface area contributed by atoms with Gasteiger partial charge in [-0.15, -0.1) is 0 Å². The molecule has 0 N–H and O–H groups in total. The zero-order valence-corrected chi connectivity index (χ0v) is 12.0. The zero-order valence-electron chi connectivity index (χ0n) is 12.0. The fraction of sp³-hybridized carbons (Fsp3) is 0.400. The molecule has 0 atom stereocenters. The Kier molecular flexibility index (Phi) is 4.98. The topological polar surface area (TPSA) is 44.8 Å². The molecule has 0 aromatic heterocycles. The van der Waals surface area contributed by atoms with Gasteiger partial charge in [0.25, 0.3) is 0 Å². The summed E-state index contributed by atoms with van der Waals surface area (Å²) < 4.78 is 15.5. The molecule has 1 rings (SSSR count). The summed E-state index contributed by atoms with van der Waals surface area (Å²) in [4.78, 5) is 11.6. The minimum atomic E-state index is -0.493. The molecule has 104 valence electrons. The van der Waals surface area contributed by atoms with Crippen LogP contribution in [0.5, 0.6) is 11.5 Å². The number of esters is 1. The summed E-state index contributed by atoms with van der Waals surface area (Å²) in [5.74, 6) is 0.959. The van der Waals surface area contributed by atoms with E-state index >= 15 is 0 Å². The second kappa shape index (κ2) is 6.27. The summed E-state index contributed by atoms with van der Waals surface area (Å²) in [6.07, 6.45) is 3.05. The Labute approximate surface area is 114 Å². The fourth-order valence-electron chi connectivity index (χ4n) is 1.43. The molecule has 0 amide bonds. The average Bonchev–Trinajstić information content (AvgIpc) is 2.33. The SMILES string of the molecule is COc1cc(C=CC(=O)OC(C)(C)C)cc(OC)c1. The van der Waals surface area contributed by atoms with E-state index in [-0.39, 0.29) is 5.97 Å². The van der Waals surface area contributed by atoms with E-state index in [1.54, 1.807) is 26.4 Å². The Hall–Kier alpha value is -1.97. The summed E-state index contributed by atoms with van der Waals surface area (Å²) in [6.45, 7) is 5.48. The molecule has 0 bridgehead atoms. The molecule has 0 saturated carbocycles. The van der Waals surface area contributed by atoms with E-state index in [2.05, 4.69) is 0 Å². The van der Waals surface area contributed by atoms with Crippen LogP contribution in [0.25, 0.3) is 6.08 Å². The van der Waals surface area contributed by atoms with Crippen LogP contribution in [0.2, 0.25) is 0 Å². The van der Waals surface area contributed by atoms with Crippen molar-refractivity contribution >= 4 is 12.0 Å². The lowest BCUT2D eigenvalue weighted by molar-refractivity contribution is -0.148. The second-order valence-corrected chi connectivity index (χ2v) is 5.01. The number of ether oxygens (including phenoxy) is 3. The fourth-order valence-corrected chi connectivity index (χ4v) is 1.43. The molecule has 4 heteroatoms. The highest BCUT2D eigenvalue weighted by Gasteiger charge is 2.13. The summed E-state index contributed by atoms with van der Waals surface area (Å²) >= 11 is 0. The van der Waals surface area contributed by atoms with Crippen LogP contribution in [-0.4, -0.2) is 25.8 Å². The highest BCUT2D eigenvalue weighted by molar-refractivity contribution is 5.87. The van der Waals surface area contributed by atoms with Gasteiger partial charge < -0.3 is 14.2 Å². The van der Waals surface area contributed by atoms with Gasteiger partial charge in [0.2, 0.25) is 0 Å². The number of rotatable bonds is 4. The van der Waals surface area contributed by atoms with Crippen molar-refractivity contribution in [2.45, 2.75) is 26.4 Å². The van der Waals surface area contributed by atoms with Gasteiger partial charge in [-0.1, -0.05) is 0 Å². The van der Waals surface area contributed by atoms with Crippen molar-refractivity contribution < 1.29 is 19.0 Å². The minimum Gasteiger partial charge on any atom is -0.497 e. The van der Waals surface area contributed by atoms with Gasteiger partial charge >= 0.3 is 5.97 Å². The number of carbonyl (C=O) groups excluding carboxylic acids is 1. The number of carbonyl (C=O) groups is 1. The third kappa shape index (κ3) is 5.46. The largest absolute Gasteiger partial charge is 0.497 e. The van der Waals surface area contributed by atoms with Crippen LogP contribution < -0.4 is 9.47 Å². The summed E-state index contributed by atoms with van der Waals surface area (Å²) in [7, 11) is 3.16. The predicted molar refractivity (Wildman–Crippen MR) is 74.4 cm³/mol. The summed E-state index contributed by atoms with van der Waals surface area (Å²) in [5, 5.41) is 0. The molecule has 19 heavy (non-hydrogen) atoms. The molecule has 1 aromatic carbocycles. The van der Waals surface area contributed by atoms with Crippen LogP contribution in [0.4, 0.5) is 0 Å². The van der Waals surface area contributed by atoms with Crippen LogP contribution >= 0.6 is 0 Å². The van der Waals surface area contributed by atoms with Crippen LogP contribution in [0, 0.1) is 0 Å². The summed E-state index contributed by atoms with van der Waals surface area (Å²) in [6, 6.07) is 5.39. The van der Waals surface area contributed by atoms with Gasteiger partial charge in [0.05, 0.1) is 14.2 Å². The van der Waals surface area contributed by atoms with Crippen molar-refractivity contribution in [1.82, 2.24) is 0 Å². The molecule has 0 heterocycles. The average molecular weight is 264 g/mol. The van der Waals surface area contributed by atoms with Gasteiger partial charge in [0.1, 0.15) is 17.1 Å². The third-order valence-corrected chi connectivity index (χ3v) is 2.19. The van der Waals surface area contributed by atoms with Crippen LogP contribution in [0.15, 0.2) is 24.3 Å². The number of benzene rings is 1. The van der Waals surface area contributed by atoms with Crippen LogP contribution in [-0.2, 0) is 9.53 Å². The highest BCUT2D eigenvalue weighted by atomic mass is 16.6. The van der Waals surface area contributed by atoms with Crippen molar-refractivity contribution in [2.24, 2.45) is 0 Å². The molecule has 0 aliphatic rings. The van der Waals surface area contributed by atoms with Crippen molar-refractivity contribution in [3.63, 3.8) is 0 Å². The van der Waals surface area contributed by atoms with Gasteiger partial charge in [-0.25, -0.2) is 4.79 Å². The van der Waals surface area contributed by atoms with Gasteiger partial charge in [-0.05, 0) is 44.5 Å². The van der Waals surface area contributed by atoms with Crippen molar-refractivity contribution in [3.05, 3.63) is 29.8 Å². The first-order valence-corrected chi connectivity index (χ1v) is 5.98. The van der Waals surface area contributed by atoms with Gasteiger partial charge in [-0.3, -0.25) is 0 Å². The molecule has 0 fully saturated rings. The predicted octanol–water partition coefficient (Wildman–Crippen LogP) is 3.06. The molecule has 0 spiro atoms. The normalized spacial score (nSPS) is 11.4. The lowest BCUT2D eigenvalue weighted by Gasteiger charge is -2.17. The van der Waals surface area contributed by atoms with E-state index < -0.39 is 5.60 Å². The second-order valence-electron chi connectivity index (χ2n) is 5.01. The molecule has 0 aliphatic carbocycles. The maximum atomic E-state index is 11.6.